The molecule has 4 rings (SSSR count). The van der Waals surface area contributed by atoms with Crippen LogP contribution in [0.3, 0.4) is 0 Å². The molecule has 0 radical (unpaired) electrons. The fraction of sp³-hybridized carbons (Fsp3) is 0.316. The molecule has 2 aromatic carbocycles. The van der Waals surface area contributed by atoms with E-state index in [1.165, 1.54) is 29.6 Å². The van der Waals surface area contributed by atoms with Crippen molar-refractivity contribution in [3.05, 3.63) is 48.0 Å². The lowest BCUT2D eigenvalue weighted by Crippen LogP contribution is -2.35. The number of hydrogen-bond donors (Lipinski definition) is 1. The maximum Gasteiger partial charge on any atom is 0.286 e. The Balaban J connectivity index is 1.75. The number of sulfonamides is 2. The molecule has 0 bridgehead atoms. The summed E-state index contributed by atoms with van der Waals surface area (Å²) in [4.78, 5) is -0.200. The van der Waals surface area contributed by atoms with Crippen LogP contribution in [0.15, 0.2) is 56.7 Å². The molecule has 2 aromatic rings. The van der Waals surface area contributed by atoms with Crippen molar-refractivity contribution in [2.45, 2.75) is 29.1 Å². The summed E-state index contributed by atoms with van der Waals surface area (Å²) >= 11 is 0. The van der Waals surface area contributed by atoms with Crippen LogP contribution in [-0.2, 0) is 20.0 Å². The zero-order chi connectivity index (χ0) is 20.6. The summed E-state index contributed by atoms with van der Waals surface area (Å²) in [7, 11) is -6.35. The first-order valence-corrected chi connectivity index (χ1v) is 12.1. The van der Waals surface area contributed by atoms with Crippen LogP contribution in [0.4, 0.5) is 5.69 Å². The topological polar surface area (TPSA) is 105 Å². The molecule has 0 unspecified atom stereocenters. The van der Waals surface area contributed by atoms with E-state index in [1.807, 2.05) is 0 Å². The molecule has 2 aliphatic rings. The summed E-state index contributed by atoms with van der Waals surface area (Å²) < 4.78 is 62.0. The van der Waals surface area contributed by atoms with E-state index in [2.05, 4.69) is 9.71 Å². The zero-order valence-electron chi connectivity index (χ0n) is 15.8. The number of fused-ring (bicyclic) bond motifs is 1. The third kappa shape index (κ3) is 3.63. The van der Waals surface area contributed by atoms with Crippen molar-refractivity contribution in [3.8, 4) is 5.75 Å². The van der Waals surface area contributed by atoms with E-state index in [1.54, 1.807) is 24.3 Å². The molecular formula is C19H21N3O5S2. The Labute approximate surface area is 170 Å². The van der Waals surface area contributed by atoms with Gasteiger partial charge in [-0.25, -0.2) is 8.42 Å². The Bertz CT molecular complexity index is 1180. The SMILES string of the molecule is COc1ccccc1C1=NS(=O)(=O)c2cc(S(=O)(=O)N3CCCCC3)ccc2N1. The molecule has 10 heteroatoms. The lowest BCUT2D eigenvalue weighted by Gasteiger charge is -2.26. The molecular weight excluding hydrogens is 414 g/mol. The number of piperidine rings is 1. The summed E-state index contributed by atoms with van der Waals surface area (Å²) in [5.74, 6) is 0.600. The Morgan fingerprint density at radius 1 is 1.07 bits per heavy atom. The molecule has 0 atom stereocenters. The quantitative estimate of drug-likeness (QED) is 0.791. The number of nitrogens with zero attached hydrogens (tertiary/aromatic N) is 2. The molecule has 0 aromatic heterocycles. The number of rotatable bonds is 4. The maximum absolute atomic E-state index is 12.9. The van der Waals surface area contributed by atoms with Crippen molar-refractivity contribution in [2.75, 3.05) is 25.5 Å². The van der Waals surface area contributed by atoms with Crippen LogP contribution >= 0.6 is 0 Å². The van der Waals surface area contributed by atoms with Crippen LogP contribution in [0.2, 0.25) is 0 Å². The van der Waals surface area contributed by atoms with Crippen molar-refractivity contribution in [1.82, 2.24) is 4.31 Å². The highest BCUT2D eigenvalue weighted by molar-refractivity contribution is 7.91. The summed E-state index contributed by atoms with van der Waals surface area (Å²) in [5, 5.41) is 2.98. The number of ether oxygens (including phenoxy) is 1. The van der Waals surface area contributed by atoms with Crippen LogP contribution in [0.1, 0.15) is 24.8 Å². The smallest absolute Gasteiger partial charge is 0.286 e. The number of benzene rings is 2. The van der Waals surface area contributed by atoms with E-state index < -0.39 is 20.0 Å². The van der Waals surface area contributed by atoms with Crippen LogP contribution in [0.5, 0.6) is 5.75 Å². The Morgan fingerprint density at radius 2 is 1.79 bits per heavy atom. The van der Waals surface area contributed by atoms with Crippen LogP contribution < -0.4 is 10.1 Å². The highest BCUT2D eigenvalue weighted by Crippen LogP contribution is 2.33. The van der Waals surface area contributed by atoms with Crippen LogP contribution in [-0.4, -0.2) is 47.2 Å². The van der Waals surface area contributed by atoms with E-state index in [0.717, 1.165) is 19.3 Å². The van der Waals surface area contributed by atoms with Gasteiger partial charge in [-0.05, 0) is 43.2 Å². The average molecular weight is 436 g/mol. The molecule has 8 nitrogen and oxygen atoms in total. The fourth-order valence-corrected chi connectivity index (χ4v) is 6.28. The van der Waals surface area contributed by atoms with Crippen molar-refractivity contribution in [3.63, 3.8) is 0 Å². The predicted molar refractivity (Wildman–Crippen MR) is 109 cm³/mol. The van der Waals surface area contributed by atoms with Crippen molar-refractivity contribution >= 4 is 31.6 Å². The van der Waals surface area contributed by atoms with E-state index in [-0.39, 0.29) is 21.3 Å². The largest absolute Gasteiger partial charge is 0.496 e. The van der Waals surface area contributed by atoms with Gasteiger partial charge in [-0.2, -0.15) is 12.7 Å². The van der Waals surface area contributed by atoms with Gasteiger partial charge in [0.25, 0.3) is 10.0 Å². The zero-order valence-corrected chi connectivity index (χ0v) is 17.5. The third-order valence-corrected chi connectivity index (χ3v) is 8.22. The van der Waals surface area contributed by atoms with Crippen LogP contribution in [0.25, 0.3) is 0 Å². The molecule has 0 amide bonds. The van der Waals surface area contributed by atoms with Gasteiger partial charge >= 0.3 is 0 Å². The van der Waals surface area contributed by atoms with Gasteiger partial charge in [0.2, 0.25) is 10.0 Å². The molecule has 1 saturated heterocycles. The minimum absolute atomic E-state index is 0.0422. The second-order valence-electron chi connectivity index (χ2n) is 6.86. The minimum atomic E-state index is -4.09. The maximum atomic E-state index is 12.9. The van der Waals surface area contributed by atoms with Gasteiger partial charge in [-0.15, -0.1) is 4.40 Å². The molecule has 29 heavy (non-hydrogen) atoms. The summed E-state index contributed by atoms with van der Waals surface area (Å²) in [6.07, 6.45) is 2.60. The Morgan fingerprint density at radius 3 is 2.52 bits per heavy atom. The predicted octanol–water partition coefficient (Wildman–Crippen LogP) is 2.43. The average Bonchev–Trinajstić information content (AvgIpc) is 2.73. The lowest BCUT2D eigenvalue weighted by atomic mass is 10.1. The Kier molecular flexibility index (Phi) is 5.09. The van der Waals surface area contributed by atoms with Gasteiger partial charge in [0.05, 0.1) is 23.3 Å². The fourth-order valence-electron chi connectivity index (χ4n) is 3.51. The Hall–Kier alpha value is -2.43. The number of anilines is 1. The first-order valence-electron chi connectivity index (χ1n) is 9.22. The molecule has 0 saturated carbocycles. The van der Waals surface area contributed by atoms with Gasteiger partial charge in [0, 0.05) is 13.1 Å². The van der Waals surface area contributed by atoms with Gasteiger partial charge in [0.1, 0.15) is 10.6 Å². The van der Waals surface area contributed by atoms with E-state index in [4.69, 9.17) is 4.74 Å². The highest BCUT2D eigenvalue weighted by atomic mass is 32.2. The molecule has 154 valence electrons. The normalized spacial score (nSPS) is 19.0. The number of amidine groups is 1. The third-order valence-electron chi connectivity index (χ3n) is 5.01. The number of nitrogens with one attached hydrogen (secondary N) is 1. The van der Waals surface area contributed by atoms with E-state index >= 15 is 0 Å². The number of methoxy groups -OCH3 is 1. The van der Waals surface area contributed by atoms with Gasteiger partial charge in [0.15, 0.2) is 5.84 Å². The first-order chi connectivity index (χ1) is 13.8. The van der Waals surface area contributed by atoms with Crippen molar-refractivity contribution < 1.29 is 21.6 Å². The molecule has 0 spiro atoms. The summed E-state index contributed by atoms with van der Waals surface area (Å²) in [6, 6.07) is 11.0. The molecule has 2 aliphatic heterocycles. The van der Waals surface area contributed by atoms with Gasteiger partial charge in [-0.3, -0.25) is 0 Å². The van der Waals surface area contributed by atoms with Gasteiger partial charge in [-0.1, -0.05) is 18.6 Å². The molecule has 1 N–H and O–H groups in total. The highest BCUT2D eigenvalue weighted by Gasteiger charge is 2.31. The monoisotopic (exact) mass is 435 g/mol. The standard InChI is InChI=1S/C19H21N3O5S2/c1-27-17-8-4-3-7-15(17)19-20-16-10-9-14(13-18(16)28(23,24)21-19)29(25,26)22-11-5-2-6-12-22/h3-4,7-10,13H,2,5-6,11-12H2,1H3,(H,20,21). The van der Waals surface area contributed by atoms with E-state index in [0.29, 0.717) is 24.4 Å². The molecule has 0 aliphatic carbocycles. The lowest BCUT2D eigenvalue weighted by molar-refractivity contribution is 0.346. The van der Waals surface area contributed by atoms with E-state index in [9.17, 15) is 16.8 Å². The summed E-state index contributed by atoms with van der Waals surface area (Å²) in [5.41, 5.74) is 0.771. The van der Waals surface area contributed by atoms with Gasteiger partial charge < -0.3 is 10.1 Å². The molecule has 1 fully saturated rings. The van der Waals surface area contributed by atoms with Crippen LogP contribution in [0, 0.1) is 0 Å². The second-order valence-corrected chi connectivity index (χ2v) is 10.4. The summed E-state index contributed by atoms with van der Waals surface area (Å²) in [6.45, 7) is 0.890. The number of para-hydroxylation sites is 1. The minimum Gasteiger partial charge on any atom is -0.496 e. The molecule has 2 heterocycles. The second kappa shape index (κ2) is 7.43. The first kappa shape index (κ1) is 19.9. The van der Waals surface area contributed by atoms with Crippen molar-refractivity contribution in [2.24, 2.45) is 4.40 Å². The van der Waals surface area contributed by atoms with Crippen molar-refractivity contribution in [1.29, 1.82) is 0 Å². The number of hydrogen-bond acceptors (Lipinski definition) is 6.